The van der Waals surface area contributed by atoms with E-state index in [-0.39, 0.29) is 11.6 Å². The van der Waals surface area contributed by atoms with Crippen molar-refractivity contribution in [2.75, 3.05) is 13.7 Å². The number of rotatable bonds is 4. The number of aryl methyl sites for hydroxylation is 1. The highest BCUT2D eigenvalue weighted by Gasteiger charge is 2.30. The van der Waals surface area contributed by atoms with Crippen molar-refractivity contribution in [3.8, 4) is 11.4 Å². The number of ether oxygens (including phenoxy) is 1. The first kappa shape index (κ1) is 15.1. The number of fused-ring (bicyclic) bond motifs is 1. The lowest BCUT2D eigenvalue weighted by Gasteiger charge is -2.16. The number of aromatic nitrogens is 2. The van der Waals surface area contributed by atoms with Gasteiger partial charge in [-0.25, -0.2) is 9.48 Å². The number of amides is 1. The number of hydrogen-bond donors (Lipinski definition) is 2. The lowest BCUT2D eigenvalue weighted by Crippen LogP contribution is -2.33. The number of aromatic carboxylic acids is 1. The van der Waals surface area contributed by atoms with Crippen molar-refractivity contribution in [3.05, 3.63) is 40.7 Å². The molecule has 0 aliphatic carbocycles. The molecule has 0 radical (unpaired) electrons. The maximum absolute atomic E-state index is 12.2. The summed E-state index contributed by atoms with van der Waals surface area (Å²) < 4.78 is 6.66. The monoisotopic (exact) mass is 315 g/mol. The second kappa shape index (κ2) is 5.75. The molecule has 0 bridgehead atoms. The first-order valence-electron chi connectivity index (χ1n) is 7.37. The second-order valence-electron chi connectivity index (χ2n) is 5.25. The van der Waals surface area contributed by atoms with Crippen molar-refractivity contribution in [2.45, 2.75) is 19.8 Å². The van der Waals surface area contributed by atoms with Gasteiger partial charge in [0.1, 0.15) is 11.4 Å². The topological polar surface area (TPSA) is 93.5 Å². The van der Waals surface area contributed by atoms with Gasteiger partial charge >= 0.3 is 5.97 Å². The molecule has 1 aromatic heterocycles. The van der Waals surface area contributed by atoms with E-state index in [0.29, 0.717) is 42.1 Å². The van der Waals surface area contributed by atoms with Crippen molar-refractivity contribution < 1.29 is 19.4 Å². The van der Waals surface area contributed by atoms with Gasteiger partial charge < -0.3 is 15.2 Å². The Morgan fingerprint density at radius 3 is 2.91 bits per heavy atom. The Bertz CT molecular complexity index is 795. The average Bonchev–Trinajstić information content (AvgIpc) is 2.95. The Balaban J connectivity index is 2.25. The molecule has 0 saturated carbocycles. The molecule has 120 valence electrons. The normalized spacial score (nSPS) is 13.4. The van der Waals surface area contributed by atoms with Gasteiger partial charge in [-0.1, -0.05) is 6.92 Å². The van der Waals surface area contributed by atoms with E-state index in [9.17, 15) is 14.7 Å². The summed E-state index contributed by atoms with van der Waals surface area (Å²) in [4.78, 5) is 23.7. The molecular weight excluding hydrogens is 298 g/mol. The minimum Gasteiger partial charge on any atom is -0.497 e. The maximum Gasteiger partial charge on any atom is 0.356 e. The molecule has 0 unspecified atom stereocenters. The minimum absolute atomic E-state index is 0.0623. The summed E-state index contributed by atoms with van der Waals surface area (Å²) in [7, 11) is 1.58. The molecule has 7 nitrogen and oxygen atoms in total. The summed E-state index contributed by atoms with van der Waals surface area (Å²) in [6.07, 6.45) is 1.16. The Kier molecular flexibility index (Phi) is 3.77. The van der Waals surface area contributed by atoms with Crippen LogP contribution in [0.2, 0.25) is 0 Å². The van der Waals surface area contributed by atoms with Crippen LogP contribution in [0.15, 0.2) is 18.2 Å². The lowest BCUT2D eigenvalue weighted by molar-refractivity contribution is 0.0688. The zero-order valence-corrected chi connectivity index (χ0v) is 12.9. The number of nitrogens with one attached hydrogen (secondary N) is 1. The van der Waals surface area contributed by atoms with Crippen molar-refractivity contribution in [3.63, 3.8) is 0 Å². The fourth-order valence-corrected chi connectivity index (χ4v) is 2.83. The first-order chi connectivity index (χ1) is 11.1. The highest BCUT2D eigenvalue weighted by atomic mass is 16.5. The van der Waals surface area contributed by atoms with Crippen LogP contribution < -0.4 is 10.1 Å². The largest absolute Gasteiger partial charge is 0.497 e. The van der Waals surface area contributed by atoms with E-state index >= 15 is 0 Å². The number of methoxy groups -OCH3 is 1. The highest BCUT2D eigenvalue weighted by Crippen LogP contribution is 2.27. The molecule has 0 saturated heterocycles. The smallest absolute Gasteiger partial charge is 0.356 e. The van der Waals surface area contributed by atoms with Crippen LogP contribution in [0.5, 0.6) is 5.75 Å². The summed E-state index contributed by atoms with van der Waals surface area (Å²) >= 11 is 0. The van der Waals surface area contributed by atoms with Gasteiger partial charge in [-0.15, -0.1) is 0 Å². The van der Waals surface area contributed by atoms with E-state index < -0.39 is 5.97 Å². The quantitative estimate of drug-likeness (QED) is 0.890. The Morgan fingerprint density at radius 1 is 1.48 bits per heavy atom. The van der Waals surface area contributed by atoms with Crippen LogP contribution in [0.1, 0.15) is 39.0 Å². The second-order valence-corrected chi connectivity index (χ2v) is 5.25. The number of carbonyl (C=O) groups excluding carboxylic acids is 1. The highest BCUT2D eigenvalue weighted by molar-refractivity contribution is 5.99. The molecule has 7 heteroatoms. The van der Waals surface area contributed by atoms with E-state index in [0.717, 1.165) is 5.56 Å². The van der Waals surface area contributed by atoms with E-state index in [1.807, 2.05) is 13.0 Å². The third-order valence-corrected chi connectivity index (χ3v) is 3.96. The predicted molar refractivity (Wildman–Crippen MR) is 82.5 cm³/mol. The summed E-state index contributed by atoms with van der Waals surface area (Å²) in [5.74, 6) is -0.722. The standard InChI is InChI=1S/C16H17N3O4/c1-3-9-8-10(23-2)4-5-12(9)19-14-11(6-7-17-15(14)20)13(18-19)16(21)22/h4-5,8H,3,6-7H2,1-2H3,(H,17,20)(H,21,22). The SMILES string of the molecule is CCc1cc(OC)ccc1-n1nc(C(=O)O)c2c1C(=O)NCC2. The van der Waals surface area contributed by atoms with Gasteiger partial charge in [-0.2, -0.15) is 5.10 Å². The van der Waals surface area contributed by atoms with E-state index in [1.54, 1.807) is 19.2 Å². The van der Waals surface area contributed by atoms with Crippen LogP contribution in [-0.4, -0.2) is 40.4 Å². The molecule has 2 N–H and O–H groups in total. The number of carboxylic acid groups (broad SMARTS) is 1. The van der Waals surface area contributed by atoms with Crippen molar-refractivity contribution in [1.29, 1.82) is 0 Å². The van der Waals surface area contributed by atoms with Gasteiger partial charge in [0.2, 0.25) is 0 Å². The summed E-state index contributed by atoms with van der Waals surface area (Å²) in [5.41, 5.74) is 2.33. The van der Waals surface area contributed by atoms with E-state index in [1.165, 1.54) is 4.68 Å². The van der Waals surface area contributed by atoms with Gasteiger partial charge in [0.15, 0.2) is 5.69 Å². The van der Waals surface area contributed by atoms with Crippen molar-refractivity contribution in [1.82, 2.24) is 15.1 Å². The van der Waals surface area contributed by atoms with Gasteiger partial charge in [0.05, 0.1) is 12.8 Å². The molecule has 1 aliphatic heterocycles. The zero-order valence-electron chi connectivity index (χ0n) is 12.9. The van der Waals surface area contributed by atoms with Crippen LogP contribution in [0.4, 0.5) is 0 Å². The maximum atomic E-state index is 12.2. The number of nitrogens with zero attached hydrogens (tertiary/aromatic N) is 2. The summed E-state index contributed by atoms with van der Waals surface area (Å²) in [6, 6.07) is 5.42. The van der Waals surface area contributed by atoms with Gasteiger partial charge in [-0.3, -0.25) is 4.79 Å². The molecule has 3 rings (SSSR count). The van der Waals surface area contributed by atoms with Crippen LogP contribution in [0.25, 0.3) is 5.69 Å². The average molecular weight is 315 g/mol. The molecule has 0 fully saturated rings. The number of carbonyl (C=O) groups is 2. The zero-order chi connectivity index (χ0) is 16.6. The minimum atomic E-state index is -1.12. The Hall–Kier alpha value is -2.83. The lowest BCUT2D eigenvalue weighted by atomic mass is 10.0. The number of carboxylic acids is 1. The van der Waals surface area contributed by atoms with Crippen molar-refractivity contribution in [2.24, 2.45) is 0 Å². The van der Waals surface area contributed by atoms with Gasteiger partial charge in [0, 0.05) is 12.1 Å². The molecule has 0 atom stereocenters. The fourth-order valence-electron chi connectivity index (χ4n) is 2.83. The molecule has 2 heterocycles. The molecule has 1 amide bonds. The van der Waals surface area contributed by atoms with Crippen LogP contribution >= 0.6 is 0 Å². The number of benzene rings is 1. The first-order valence-corrected chi connectivity index (χ1v) is 7.37. The molecule has 1 aliphatic rings. The Morgan fingerprint density at radius 2 is 2.26 bits per heavy atom. The molecule has 2 aromatic rings. The van der Waals surface area contributed by atoms with Gasteiger partial charge in [0.25, 0.3) is 5.91 Å². The predicted octanol–water partition coefficient (Wildman–Crippen LogP) is 1.43. The van der Waals surface area contributed by atoms with Gasteiger partial charge in [-0.05, 0) is 36.6 Å². The molecular formula is C16H17N3O4. The van der Waals surface area contributed by atoms with E-state index in [2.05, 4.69) is 10.4 Å². The molecule has 23 heavy (non-hydrogen) atoms. The Labute approximate surface area is 132 Å². The summed E-state index contributed by atoms with van der Waals surface area (Å²) in [5, 5.41) is 16.3. The molecule has 1 aromatic carbocycles. The number of hydrogen-bond acceptors (Lipinski definition) is 4. The van der Waals surface area contributed by atoms with Crippen LogP contribution in [0, 0.1) is 0 Å². The molecule has 0 spiro atoms. The fraction of sp³-hybridized carbons (Fsp3) is 0.312. The third kappa shape index (κ3) is 2.44. The summed E-state index contributed by atoms with van der Waals surface area (Å²) in [6.45, 7) is 2.40. The van der Waals surface area contributed by atoms with Crippen LogP contribution in [-0.2, 0) is 12.8 Å². The third-order valence-electron chi connectivity index (χ3n) is 3.96. The van der Waals surface area contributed by atoms with E-state index in [4.69, 9.17) is 4.74 Å². The van der Waals surface area contributed by atoms with Crippen LogP contribution in [0.3, 0.4) is 0 Å². The van der Waals surface area contributed by atoms with Crippen molar-refractivity contribution >= 4 is 11.9 Å².